The second-order valence-electron chi connectivity index (χ2n) is 3.11. The Labute approximate surface area is 75.1 Å². The number of hydrogen-bond acceptors (Lipinski definition) is 1. The molecule has 0 saturated carbocycles. The van der Waals surface area contributed by atoms with Gasteiger partial charge in [0.15, 0.2) is 0 Å². The van der Waals surface area contributed by atoms with Crippen LogP contribution in [0.15, 0.2) is 23.5 Å². The van der Waals surface area contributed by atoms with Crippen molar-refractivity contribution in [3.8, 4) is 0 Å². The van der Waals surface area contributed by atoms with E-state index in [0.717, 1.165) is 24.7 Å². The first-order chi connectivity index (χ1) is 5.86. The predicted octanol–water partition coefficient (Wildman–Crippen LogP) is 3.28. The summed E-state index contributed by atoms with van der Waals surface area (Å²) in [4.78, 5) is 0. The second-order valence-corrected chi connectivity index (χ2v) is 3.11. The van der Waals surface area contributed by atoms with Gasteiger partial charge in [-0.3, -0.25) is 0 Å². The summed E-state index contributed by atoms with van der Waals surface area (Å²) in [6.07, 6.45) is 6.72. The third-order valence-corrected chi connectivity index (χ3v) is 2.15. The lowest BCUT2D eigenvalue weighted by Gasteiger charge is -2.11. The molecule has 2 aliphatic rings. The van der Waals surface area contributed by atoms with E-state index in [1.807, 2.05) is 13.8 Å². The summed E-state index contributed by atoms with van der Waals surface area (Å²) < 4.78 is 5.40. The molecule has 2 rings (SSSR count). The van der Waals surface area contributed by atoms with Crippen molar-refractivity contribution in [3.63, 3.8) is 0 Å². The lowest BCUT2D eigenvalue weighted by Crippen LogP contribution is -1.97. The first kappa shape index (κ1) is 9.37. The summed E-state index contributed by atoms with van der Waals surface area (Å²) in [7, 11) is 0. The highest BCUT2D eigenvalue weighted by Gasteiger charge is 2.18. The third kappa shape index (κ3) is 1.90. The zero-order chi connectivity index (χ0) is 8.97. The van der Waals surface area contributed by atoms with Crippen molar-refractivity contribution >= 4 is 0 Å². The average Bonchev–Trinajstić information content (AvgIpc) is 2.54. The van der Waals surface area contributed by atoms with Gasteiger partial charge in [0.2, 0.25) is 0 Å². The Hall–Kier alpha value is -0.720. The van der Waals surface area contributed by atoms with Crippen LogP contribution in [0.5, 0.6) is 0 Å². The Balaban J connectivity index is 0.000000336. The van der Waals surface area contributed by atoms with Gasteiger partial charge in [-0.2, -0.15) is 0 Å². The quantitative estimate of drug-likeness (QED) is 0.536. The lowest BCUT2D eigenvalue weighted by molar-refractivity contribution is 0.256. The molecule has 0 N–H and O–H groups in total. The van der Waals surface area contributed by atoms with Gasteiger partial charge in [0, 0.05) is 6.42 Å². The zero-order valence-corrected chi connectivity index (χ0v) is 8.26. The van der Waals surface area contributed by atoms with Crippen LogP contribution >= 0.6 is 0 Å². The minimum Gasteiger partial charge on any atom is -0.493 e. The maximum Gasteiger partial charge on any atom is 0.118 e. The predicted molar refractivity (Wildman–Crippen MR) is 51.9 cm³/mol. The molecule has 1 aliphatic carbocycles. The Morgan fingerprint density at radius 1 is 1.42 bits per heavy atom. The smallest absolute Gasteiger partial charge is 0.118 e. The first-order valence-corrected chi connectivity index (χ1v) is 4.89. The fourth-order valence-electron chi connectivity index (χ4n) is 1.59. The molecule has 0 bridgehead atoms. The van der Waals surface area contributed by atoms with Crippen LogP contribution in [0.25, 0.3) is 0 Å². The summed E-state index contributed by atoms with van der Waals surface area (Å²) in [6.45, 7) is 7.15. The number of allylic oxidation sites excluding steroid dienone is 2. The molecule has 12 heavy (non-hydrogen) atoms. The van der Waals surface area contributed by atoms with Crippen LogP contribution in [-0.4, -0.2) is 6.61 Å². The van der Waals surface area contributed by atoms with E-state index in [1.165, 1.54) is 12.0 Å². The van der Waals surface area contributed by atoms with Crippen LogP contribution in [0.4, 0.5) is 0 Å². The van der Waals surface area contributed by atoms with Gasteiger partial charge in [-0.15, -0.1) is 0 Å². The number of ether oxygens (including phenoxy) is 1. The molecule has 1 nitrogen and oxygen atoms in total. The van der Waals surface area contributed by atoms with Crippen LogP contribution in [0.1, 0.15) is 33.6 Å². The van der Waals surface area contributed by atoms with Gasteiger partial charge < -0.3 is 4.74 Å². The van der Waals surface area contributed by atoms with Crippen LogP contribution in [0, 0.1) is 5.92 Å². The highest BCUT2D eigenvalue weighted by Crippen LogP contribution is 2.30. The summed E-state index contributed by atoms with van der Waals surface area (Å²) in [5.74, 6) is 1.87. The molecule has 0 spiro atoms. The van der Waals surface area contributed by atoms with Crippen LogP contribution in [0.2, 0.25) is 0 Å². The Bertz CT molecular complexity index is 201. The van der Waals surface area contributed by atoms with E-state index in [9.17, 15) is 0 Å². The fraction of sp³-hybridized carbons (Fsp3) is 0.636. The van der Waals surface area contributed by atoms with Gasteiger partial charge in [-0.05, 0) is 24.0 Å². The Morgan fingerprint density at radius 3 is 2.92 bits per heavy atom. The van der Waals surface area contributed by atoms with Crippen molar-refractivity contribution in [2.45, 2.75) is 33.6 Å². The van der Waals surface area contributed by atoms with Crippen molar-refractivity contribution in [1.82, 2.24) is 0 Å². The van der Waals surface area contributed by atoms with E-state index < -0.39 is 0 Å². The highest BCUT2D eigenvalue weighted by atomic mass is 16.5. The monoisotopic (exact) mass is 166 g/mol. The SMILES string of the molecule is CC.CC1C=CC2=C(CCO2)C1. The van der Waals surface area contributed by atoms with Gasteiger partial charge in [0.25, 0.3) is 0 Å². The maximum absolute atomic E-state index is 5.40. The summed E-state index contributed by atoms with van der Waals surface area (Å²) in [5.41, 5.74) is 1.52. The van der Waals surface area contributed by atoms with Gasteiger partial charge in [-0.1, -0.05) is 26.8 Å². The Morgan fingerprint density at radius 2 is 2.17 bits per heavy atom. The van der Waals surface area contributed by atoms with Gasteiger partial charge in [0.05, 0.1) is 6.61 Å². The molecular weight excluding hydrogens is 148 g/mol. The van der Waals surface area contributed by atoms with Crippen LogP contribution < -0.4 is 0 Å². The summed E-state index contributed by atoms with van der Waals surface area (Å²) in [5, 5.41) is 0. The van der Waals surface area contributed by atoms with Gasteiger partial charge in [-0.25, -0.2) is 0 Å². The molecule has 0 saturated heterocycles. The second kappa shape index (κ2) is 4.34. The molecule has 0 aromatic heterocycles. The minimum atomic E-state index is 0.723. The van der Waals surface area contributed by atoms with E-state index in [0.29, 0.717) is 0 Å². The topological polar surface area (TPSA) is 9.23 Å². The Kier molecular flexibility index (Phi) is 3.39. The fourth-order valence-corrected chi connectivity index (χ4v) is 1.59. The third-order valence-electron chi connectivity index (χ3n) is 2.15. The molecule has 0 fully saturated rings. The van der Waals surface area contributed by atoms with Crippen molar-refractivity contribution in [3.05, 3.63) is 23.5 Å². The highest BCUT2D eigenvalue weighted by molar-refractivity contribution is 5.28. The number of hydrogen-bond donors (Lipinski definition) is 0. The summed E-state index contributed by atoms with van der Waals surface area (Å²) >= 11 is 0. The first-order valence-electron chi connectivity index (χ1n) is 4.89. The van der Waals surface area contributed by atoms with E-state index >= 15 is 0 Å². The van der Waals surface area contributed by atoms with E-state index in [1.54, 1.807) is 0 Å². The van der Waals surface area contributed by atoms with Crippen molar-refractivity contribution in [2.75, 3.05) is 6.61 Å². The molecule has 0 amide bonds. The van der Waals surface area contributed by atoms with Crippen molar-refractivity contribution in [2.24, 2.45) is 5.92 Å². The average molecular weight is 166 g/mol. The largest absolute Gasteiger partial charge is 0.493 e. The van der Waals surface area contributed by atoms with Gasteiger partial charge in [0.1, 0.15) is 5.76 Å². The zero-order valence-electron chi connectivity index (χ0n) is 8.26. The summed E-state index contributed by atoms with van der Waals surface area (Å²) in [6, 6.07) is 0. The van der Waals surface area contributed by atoms with Crippen molar-refractivity contribution < 1.29 is 4.74 Å². The minimum absolute atomic E-state index is 0.723. The van der Waals surface area contributed by atoms with Crippen LogP contribution in [-0.2, 0) is 4.74 Å². The molecular formula is C11H18O. The molecule has 1 heterocycles. The van der Waals surface area contributed by atoms with E-state index in [4.69, 9.17) is 4.74 Å². The molecule has 1 heteroatoms. The molecule has 1 unspecified atom stereocenters. The normalized spacial score (nSPS) is 25.8. The van der Waals surface area contributed by atoms with Crippen LogP contribution in [0.3, 0.4) is 0 Å². The molecule has 0 aromatic rings. The van der Waals surface area contributed by atoms with E-state index in [2.05, 4.69) is 19.1 Å². The van der Waals surface area contributed by atoms with Gasteiger partial charge >= 0.3 is 0 Å². The molecule has 1 atom stereocenters. The molecule has 0 aromatic carbocycles. The molecule has 0 radical (unpaired) electrons. The maximum atomic E-state index is 5.40. The lowest BCUT2D eigenvalue weighted by atomic mass is 9.94. The molecule has 1 aliphatic heterocycles. The number of rotatable bonds is 0. The molecule has 68 valence electrons. The standard InChI is InChI=1S/C9H12O.C2H6/c1-7-2-3-9-8(6-7)4-5-10-9;1-2/h2-3,7H,4-6H2,1H3;1-2H3. The van der Waals surface area contributed by atoms with Crippen molar-refractivity contribution in [1.29, 1.82) is 0 Å². The van der Waals surface area contributed by atoms with E-state index in [-0.39, 0.29) is 0 Å².